The van der Waals surface area contributed by atoms with Gasteiger partial charge in [-0.2, -0.15) is 0 Å². The van der Waals surface area contributed by atoms with Gasteiger partial charge in [-0.25, -0.2) is 0 Å². The Morgan fingerprint density at radius 3 is 2.84 bits per heavy atom. The van der Waals surface area contributed by atoms with E-state index in [2.05, 4.69) is 10.6 Å². The first-order valence-corrected chi connectivity index (χ1v) is 6.65. The van der Waals surface area contributed by atoms with Crippen LogP contribution in [-0.4, -0.2) is 18.4 Å². The van der Waals surface area contributed by atoms with Crippen LogP contribution in [0.3, 0.4) is 0 Å². The topological polar surface area (TPSA) is 71.3 Å². The molecule has 0 radical (unpaired) electrons. The maximum Gasteiger partial charge on any atom is 0.261 e. The van der Waals surface area contributed by atoms with Gasteiger partial charge in [0.15, 0.2) is 0 Å². The monoisotopic (exact) mass is 278 g/mol. The van der Waals surface area contributed by atoms with Crippen LogP contribution in [0.4, 0.5) is 5.00 Å². The lowest BCUT2D eigenvalue weighted by atomic mass is 10.3. The molecule has 19 heavy (non-hydrogen) atoms. The molecule has 2 amide bonds. The molecule has 2 aromatic heterocycles. The molecule has 0 bridgehead atoms. The van der Waals surface area contributed by atoms with Crippen LogP contribution in [0.15, 0.2) is 34.9 Å². The summed E-state index contributed by atoms with van der Waals surface area (Å²) in [5, 5.41) is 6.12. The van der Waals surface area contributed by atoms with Gasteiger partial charge < -0.3 is 15.1 Å². The van der Waals surface area contributed by atoms with E-state index in [1.165, 1.54) is 18.3 Å². The molecule has 2 rings (SSSR count). The molecular weight excluding hydrogens is 264 g/mol. The molecule has 0 atom stereocenters. The number of hydrogen-bond acceptors (Lipinski definition) is 4. The highest BCUT2D eigenvalue weighted by Gasteiger charge is 2.09. The maximum absolute atomic E-state index is 11.8. The SMILES string of the molecule is CC(=O)Nc1ccc(C(=O)NCCc2ccco2)s1. The van der Waals surface area contributed by atoms with Gasteiger partial charge in [0, 0.05) is 19.9 Å². The Balaban J connectivity index is 1.82. The highest BCUT2D eigenvalue weighted by atomic mass is 32.1. The summed E-state index contributed by atoms with van der Waals surface area (Å²) in [4.78, 5) is 23.3. The molecule has 0 aliphatic rings. The molecule has 0 aliphatic heterocycles. The minimum Gasteiger partial charge on any atom is -0.469 e. The molecule has 0 spiro atoms. The van der Waals surface area contributed by atoms with Crippen molar-refractivity contribution in [1.82, 2.24) is 5.32 Å². The molecule has 6 heteroatoms. The van der Waals surface area contributed by atoms with Gasteiger partial charge in [-0.05, 0) is 24.3 Å². The van der Waals surface area contributed by atoms with Crippen molar-refractivity contribution < 1.29 is 14.0 Å². The summed E-state index contributed by atoms with van der Waals surface area (Å²) < 4.78 is 5.17. The van der Waals surface area contributed by atoms with Crippen LogP contribution in [0, 0.1) is 0 Å². The van der Waals surface area contributed by atoms with Crippen LogP contribution < -0.4 is 10.6 Å². The number of thiophene rings is 1. The van der Waals surface area contributed by atoms with Crippen molar-refractivity contribution in [1.29, 1.82) is 0 Å². The number of anilines is 1. The standard InChI is InChI=1S/C13H14N2O3S/c1-9(16)15-12-5-4-11(19-12)13(17)14-7-6-10-3-2-8-18-10/h2-5,8H,6-7H2,1H3,(H,14,17)(H,15,16). The summed E-state index contributed by atoms with van der Waals surface area (Å²) in [5.41, 5.74) is 0. The molecule has 2 aromatic rings. The predicted molar refractivity (Wildman–Crippen MR) is 73.4 cm³/mol. The Bertz CT molecular complexity index is 560. The fraction of sp³-hybridized carbons (Fsp3) is 0.231. The van der Waals surface area contributed by atoms with Crippen molar-refractivity contribution >= 4 is 28.2 Å². The van der Waals surface area contributed by atoms with Gasteiger partial charge in [0.2, 0.25) is 5.91 Å². The van der Waals surface area contributed by atoms with E-state index in [1.807, 2.05) is 12.1 Å². The molecule has 0 aliphatic carbocycles. The first-order valence-electron chi connectivity index (χ1n) is 5.83. The van der Waals surface area contributed by atoms with Crippen LogP contribution in [0.2, 0.25) is 0 Å². The van der Waals surface area contributed by atoms with E-state index >= 15 is 0 Å². The van der Waals surface area contributed by atoms with Crippen molar-refractivity contribution in [3.8, 4) is 0 Å². The molecule has 0 fully saturated rings. The second-order valence-electron chi connectivity index (χ2n) is 3.93. The Kier molecular flexibility index (Phi) is 4.35. The van der Waals surface area contributed by atoms with Crippen LogP contribution in [0.5, 0.6) is 0 Å². The van der Waals surface area contributed by atoms with Crippen molar-refractivity contribution in [2.45, 2.75) is 13.3 Å². The van der Waals surface area contributed by atoms with Gasteiger partial charge >= 0.3 is 0 Å². The number of furan rings is 1. The third kappa shape index (κ3) is 3.96. The normalized spacial score (nSPS) is 10.2. The second kappa shape index (κ2) is 6.19. The first kappa shape index (κ1) is 13.4. The fourth-order valence-corrected chi connectivity index (χ4v) is 2.41. The molecule has 5 nitrogen and oxygen atoms in total. The van der Waals surface area contributed by atoms with Crippen LogP contribution in [0.1, 0.15) is 22.4 Å². The largest absolute Gasteiger partial charge is 0.469 e. The lowest BCUT2D eigenvalue weighted by Gasteiger charge is -2.01. The van der Waals surface area contributed by atoms with Crippen LogP contribution in [0.25, 0.3) is 0 Å². The highest BCUT2D eigenvalue weighted by Crippen LogP contribution is 2.21. The van der Waals surface area contributed by atoms with Crippen molar-refractivity contribution in [2.24, 2.45) is 0 Å². The Morgan fingerprint density at radius 2 is 2.16 bits per heavy atom. The van der Waals surface area contributed by atoms with Gasteiger partial charge in [-0.3, -0.25) is 9.59 Å². The van der Waals surface area contributed by atoms with Crippen molar-refractivity contribution in [3.05, 3.63) is 41.2 Å². The summed E-state index contributed by atoms with van der Waals surface area (Å²) in [5.74, 6) is 0.546. The zero-order valence-electron chi connectivity index (χ0n) is 10.4. The summed E-state index contributed by atoms with van der Waals surface area (Å²) >= 11 is 1.25. The molecule has 100 valence electrons. The average Bonchev–Trinajstić information content (AvgIpc) is 2.99. The molecule has 2 N–H and O–H groups in total. The van der Waals surface area contributed by atoms with Gasteiger partial charge in [-0.1, -0.05) is 0 Å². The van der Waals surface area contributed by atoms with Gasteiger partial charge in [0.05, 0.1) is 16.1 Å². The fourth-order valence-electron chi connectivity index (χ4n) is 1.54. The quantitative estimate of drug-likeness (QED) is 0.881. The van der Waals surface area contributed by atoms with E-state index in [0.29, 0.717) is 22.8 Å². The molecule has 2 heterocycles. The number of carbonyl (C=O) groups is 2. The maximum atomic E-state index is 11.8. The minimum atomic E-state index is -0.147. The summed E-state index contributed by atoms with van der Waals surface area (Å²) in [6, 6.07) is 7.09. The molecule has 0 saturated heterocycles. The van der Waals surface area contributed by atoms with E-state index in [-0.39, 0.29) is 11.8 Å². The van der Waals surface area contributed by atoms with Crippen molar-refractivity contribution in [3.63, 3.8) is 0 Å². The predicted octanol–water partition coefficient (Wildman–Crippen LogP) is 2.27. The van der Waals surface area contributed by atoms with Crippen LogP contribution >= 0.6 is 11.3 Å². The Labute approximate surface area is 114 Å². The first-order chi connectivity index (χ1) is 9.15. The van der Waals surface area contributed by atoms with E-state index in [9.17, 15) is 9.59 Å². The van der Waals surface area contributed by atoms with Gasteiger partial charge in [0.1, 0.15) is 5.76 Å². The number of amides is 2. The Morgan fingerprint density at radius 1 is 1.32 bits per heavy atom. The lowest BCUT2D eigenvalue weighted by molar-refractivity contribution is -0.114. The third-order valence-electron chi connectivity index (χ3n) is 2.37. The second-order valence-corrected chi connectivity index (χ2v) is 5.01. The number of rotatable bonds is 5. The van der Waals surface area contributed by atoms with Crippen molar-refractivity contribution in [2.75, 3.05) is 11.9 Å². The van der Waals surface area contributed by atoms with Crippen LogP contribution in [-0.2, 0) is 11.2 Å². The van der Waals surface area contributed by atoms with E-state index in [0.717, 1.165) is 5.76 Å². The average molecular weight is 278 g/mol. The number of hydrogen-bond donors (Lipinski definition) is 2. The zero-order valence-corrected chi connectivity index (χ0v) is 11.3. The zero-order chi connectivity index (χ0) is 13.7. The Hall–Kier alpha value is -2.08. The van der Waals surface area contributed by atoms with E-state index in [1.54, 1.807) is 18.4 Å². The number of carbonyl (C=O) groups excluding carboxylic acids is 2. The molecule has 0 aromatic carbocycles. The molecule has 0 unspecified atom stereocenters. The molecular formula is C13H14N2O3S. The summed E-state index contributed by atoms with van der Waals surface area (Å²) in [6.07, 6.45) is 2.26. The number of nitrogens with one attached hydrogen (secondary N) is 2. The summed E-state index contributed by atoms with van der Waals surface area (Å²) in [6.45, 7) is 1.95. The van der Waals surface area contributed by atoms with Gasteiger partial charge in [-0.15, -0.1) is 11.3 Å². The minimum absolute atomic E-state index is 0.145. The lowest BCUT2D eigenvalue weighted by Crippen LogP contribution is -2.24. The smallest absolute Gasteiger partial charge is 0.261 e. The third-order valence-corrected chi connectivity index (χ3v) is 3.37. The summed E-state index contributed by atoms with van der Waals surface area (Å²) in [7, 11) is 0. The highest BCUT2D eigenvalue weighted by molar-refractivity contribution is 7.18. The van der Waals surface area contributed by atoms with Gasteiger partial charge in [0.25, 0.3) is 5.91 Å². The van der Waals surface area contributed by atoms with E-state index < -0.39 is 0 Å². The molecule has 0 saturated carbocycles. The van der Waals surface area contributed by atoms with E-state index in [4.69, 9.17) is 4.42 Å².